The zero-order valence-electron chi connectivity index (χ0n) is 15.7. The Kier molecular flexibility index (Phi) is 6.10. The SMILES string of the molecule is CCc1cccc(CC)c1NCC(=O)N1CCN(c2ccccn2)CC1. The van der Waals surface area contributed by atoms with Crippen LogP contribution >= 0.6 is 0 Å². The lowest BCUT2D eigenvalue weighted by molar-refractivity contribution is -0.129. The van der Waals surface area contributed by atoms with Crippen LogP contribution in [0.1, 0.15) is 25.0 Å². The largest absolute Gasteiger partial charge is 0.376 e. The van der Waals surface area contributed by atoms with E-state index in [0.29, 0.717) is 6.54 Å². The number of nitrogens with zero attached hydrogens (tertiary/aromatic N) is 3. The van der Waals surface area contributed by atoms with Crippen molar-refractivity contribution in [2.75, 3.05) is 42.9 Å². The highest BCUT2D eigenvalue weighted by molar-refractivity contribution is 5.81. The average molecular weight is 352 g/mol. The van der Waals surface area contributed by atoms with Crippen molar-refractivity contribution in [3.63, 3.8) is 0 Å². The van der Waals surface area contributed by atoms with Crippen LogP contribution in [0.25, 0.3) is 0 Å². The molecule has 2 aromatic rings. The third kappa shape index (κ3) is 4.15. The van der Waals surface area contributed by atoms with Crippen LogP contribution in [-0.2, 0) is 17.6 Å². The van der Waals surface area contributed by atoms with Crippen molar-refractivity contribution in [1.29, 1.82) is 0 Å². The van der Waals surface area contributed by atoms with E-state index in [4.69, 9.17) is 0 Å². The van der Waals surface area contributed by atoms with Gasteiger partial charge in [0.2, 0.25) is 5.91 Å². The number of aryl methyl sites for hydroxylation is 2. The normalized spacial score (nSPS) is 14.4. The summed E-state index contributed by atoms with van der Waals surface area (Å²) in [5, 5.41) is 3.41. The predicted octanol–water partition coefficient (Wildman–Crippen LogP) is 2.97. The smallest absolute Gasteiger partial charge is 0.241 e. The van der Waals surface area contributed by atoms with Gasteiger partial charge in [-0.15, -0.1) is 0 Å². The third-order valence-corrected chi connectivity index (χ3v) is 5.02. The van der Waals surface area contributed by atoms with Crippen molar-refractivity contribution in [3.05, 3.63) is 53.7 Å². The van der Waals surface area contributed by atoms with Crippen LogP contribution in [0.5, 0.6) is 0 Å². The fourth-order valence-electron chi connectivity index (χ4n) is 3.47. The van der Waals surface area contributed by atoms with E-state index in [1.54, 1.807) is 0 Å². The number of hydrogen-bond donors (Lipinski definition) is 1. The minimum Gasteiger partial charge on any atom is -0.376 e. The molecule has 2 heterocycles. The molecule has 3 rings (SSSR count). The predicted molar refractivity (Wildman–Crippen MR) is 107 cm³/mol. The summed E-state index contributed by atoms with van der Waals surface area (Å²) in [7, 11) is 0. The van der Waals surface area contributed by atoms with Gasteiger partial charge in [-0.1, -0.05) is 38.1 Å². The van der Waals surface area contributed by atoms with Gasteiger partial charge in [0.15, 0.2) is 0 Å². The fourth-order valence-corrected chi connectivity index (χ4v) is 3.47. The van der Waals surface area contributed by atoms with Crippen LogP contribution in [-0.4, -0.2) is 48.5 Å². The maximum absolute atomic E-state index is 12.6. The van der Waals surface area contributed by atoms with Crippen LogP contribution in [0.4, 0.5) is 11.5 Å². The Balaban J connectivity index is 1.56. The molecule has 1 aliphatic rings. The van der Waals surface area contributed by atoms with Crippen LogP contribution in [0.15, 0.2) is 42.6 Å². The van der Waals surface area contributed by atoms with E-state index in [0.717, 1.165) is 50.5 Å². The Morgan fingerprint density at radius 1 is 1.00 bits per heavy atom. The maximum atomic E-state index is 12.6. The Labute approximate surface area is 156 Å². The Hall–Kier alpha value is -2.56. The van der Waals surface area contributed by atoms with E-state index < -0.39 is 0 Å². The molecule has 0 spiro atoms. The number of amides is 1. The quantitative estimate of drug-likeness (QED) is 0.868. The monoisotopic (exact) mass is 352 g/mol. The first-order valence-electron chi connectivity index (χ1n) is 9.51. The molecule has 1 amide bonds. The first-order chi connectivity index (χ1) is 12.7. The molecule has 0 unspecified atom stereocenters. The van der Waals surface area contributed by atoms with Crippen LogP contribution < -0.4 is 10.2 Å². The van der Waals surface area contributed by atoms with Crippen LogP contribution in [0.3, 0.4) is 0 Å². The lowest BCUT2D eigenvalue weighted by Gasteiger charge is -2.35. The number of hydrogen-bond acceptors (Lipinski definition) is 4. The van der Waals surface area contributed by atoms with E-state index >= 15 is 0 Å². The second kappa shape index (κ2) is 8.70. The topological polar surface area (TPSA) is 48.5 Å². The summed E-state index contributed by atoms with van der Waals surface area (Å²) in [6.07, 6.45) is 3.74. The molecule has 1 saturated heterocycles. The minimum atomic E-state index is 0.165. The highest BCUT2D eigenvalue weighted by Gasteiger charge is 2.21. The van der Waals surface area contributed by atoms with Gasteiger partial charge in [-0.25, -0.2) is 4.98 Å². The number of carbonyl (C=O) groups excluding carboxylic acids is 1. The van der Waals surface area contributed by atoms with Gasteiger partial charge in [-0.3, -0.25) is 4.79 Å². The number of nitrogens with one attached hydrogen (secondary N) is 1. The van der Waals surface area contributed by atoms with Gasteiger partial charge in [0, 0.05) is 38.1 Å². The van der Waals surface area contributed by atoms with Crippen molar-refractivity contribution in [1.82, 2.24) is 9.88 Å². The first kappa shape index (κ1) is 18.2. The van der Waals surface area contributed by atoms with Crippen molar-refractivity contribution >= 4 is 17.4 Å². The van der Waals surface area contributed by atoms with Gasteiger partial charge in [0.1, 0.15) is 5.82 Å². The van der Waals surface area contributed by atoms with E-state index in [-0.39, 0.29) is 5.91 Å². The molecule has 5 heteroatoms. The molecule has 0 saturated carbocycles. The fraction of sp³-hybridized carbons (Fsp3) is 0.429. The van der Waals surface area contributed by atoms with Gasteiger partial charge in [-0.05, 0) is 36.1 Å². The van der Waals surface area contributed by atoms with Crippen molar-refractivity contribution in [3.8, 4) is 0 Å². The average Bonchev–Trinajstić information content (AvgIpc) is 2.72. The van der Waals surface area contributed by atoms with Crippen molar-refractivity contribution in [2.45, 2.75) is 26.7 Å². The molecule has 1 fully saturated rings. The molecule has 0 bridgehead atoms. The molecule has 0 atom stereocenters. The highest BCUT2D eigenvalue weighted by atomic mass is 16.2. The number of aromatic nitrogens is 1. The van der Waals surface area contributed by atoms with Gasteiger partial charge in [0.25, 0.3) is 0 Å². The van der Waals surface area contributed by atoms with Crippen molar-refractivity contribution in [2.24, 2.45) is 0 Å². The summed E-state index contributed by atoms with van der Waals surface area (Å²) < 4.78 is 0. The number of piperazine rings is 1. The standard InChI is InChI=1S/C21H28N4O/c1-3-17-8-7-9-18(4-2)21(17)23-16-20(26)25-14-12-24(13-15-25)19-10-5-6-11-22-19/h5-11,23H,3-4,12-16H2,1-2H3. The second-order valence-corrected chi connectivity index (χ2v) is 6.57. The molecule has 1 N–H and O–H groups in total. The third-order valence-electron chi connectivity index (χ3n) is 5.02. The Morgan fingerprint density at radius 3 is 2.27 bits per heavy atom. The molecule has 1 aliphatic heterocycles. The molecular weight excluding hydrogens is 324 g/mol. The second-order valence-electron chi connectivity index (χ2n) is 6.57. The molecule has 138 valence electrons. The number of carbonyl (C=O) groups is 1. The number of para-hydroxylation sites is 1. The van der Waals surface area contributed by atoms with Crippen LogP contribution in [0.2, 0.25) is 0 Å². The summed E-state index contributed by atoms with van der Waals surface area (Å²) in [5.74, 6) is 1.15. The number of anilines is 2. The summed E-state index contributed by atoms with van der Waals surface area (Å²) >= 11 is 0. The van der Waals surface area contributed by atoms with Gasteiger partial charge in [0.05, 0.1) is 6.54 Å². The molecule has 0 aliphatic carbocycles. The lowest BCUT2D eigenvalue weighted by atomic mass is 10.0. The zero-order chi connectivity index (χ0) is 18.4. The van der Waals surface area contributed by atoms with Crippen LogP contribution in [0, 0.1) is 0 Å². The molecule has 0 radical (unpaired) electrons. The molecule has 1 aromatic heterocycles. The van der Waals surface area contributed by atoms with Gasteiger partial charge in [-0.2, -0.15) is 0 Å². The molecular formula is C21H28N4O. The minimum absolute atomic E-state index is 0.165. The maximum Gasteiger partial charge on any atom is 0.241 e. The molecule has 26 heavy (non-hydrogen) atoms. The summed E-state index contributed by atoms with van der Waals surface area (Å²) in [4.78, 5) is 21.2. The summed E-state index contributed by atoms with van der Waals surface area (Å²) in [6.45, 7) is 7.80. The Morgan fingerprint density at radius 2 is 1.69 bits per heavy atom. The number of rotatable bonds is 6. The van der Waals surface area contributed by atoms with E-state index in [2.05, 4.69) is 47.2 Å². The lowest BCUT2D eigenvalue weighted by Crippen LogP contribution is -2.50. The van der Waals surface area contributed by atoms with E-state index in [9.17, 15) is 4.79 Å². The van der Waals surface area contributed by atoms with E-state index in [1.165, 1.54) is 11.1 Å². The number of pyridine rings is 1. The Bertz CT molecular complexity index is 702. The highest BCUT2D eigenvalue weighted by Crippen LogP contribution is 2.22. The number of benzene rings is 1. The van der Waals surface area contributed by atoms with Gasteiger partial charge < -0.3 is 15.1 Å². The first-order valence-corrected chi connectivity index (χ1v) is 9.51. The summed E-state index contributed by atoms with van der Waals surface area (Å²) in [6, 6.07) is 12.3. The van der Waals surface area contributed by atoms with Crippen molar-refractivity contribution < 1.29 is 4.79 Å². The van der Waals surface area contributed by atoms with Gasteiger partial charge >= 0.3 is 0 Å². The molecule has 5 nitrogen and oxygen atoms in total. The molecule has 1 aromatic carbocycles. The van der Waals surface area contributed by atoms with E-state index in [1.807, 2.05) is 29.3 Å². The zero-order valence-corrected chi connectivity index (χ0v) is 15.7. The summed E-state index contributed by atoms with van der Waals surface area (Å²) in [5.41, 5.74) is 3.69.